The van der Waals surface area contributed by atoms with E-state index in [1.165, 1.54) is 17.2 Å². The van der Waals surface area contributed by atoms with Gasteiger partial charge >= 0.3 is 0 Å². The van der Waals surface area contributed by atoms with Gasteiger partial charge in [0.25, 0.3) is 5.56 Å². The molecule has 1 saturated heterocycles. The fourth-order valence-corrected chi connectivity index (χ4v) is 2.09. The van der Waals surface area contributed by atoms with Crippen LogP contribution in [0.4, 0.5) is 0 Å². The molecule has 3 N–H and O–H groups in total. The van der Waals surface area contributed by atoms with Crippen molar-refractivity contribution in [3.05, 3.63) is 23.0 Å². The first-order valence-electron chi connectivity index (χ1n) is 5.55. The summed E-state index contributed by atoms with van der Waals surface area (Å²) in [6.07, 6.45) is 0.893. The zero-order chi connectivity index (χ0) is 12.7. The summed E-state index contributed by atoms with van der Waals surface area (Å²) in [4.78, 5) is 22.8. The average molecular weight is 252 g/mol. The van der Waals surface area contributed by atoms with Crippen LogP contribution >= 0.6 is 0 Å². The number of aliphatic hydroxyl groups excluding tert-OH is 2. The van der Waals surface area contributed by atoms with E-state index in [-0.39, 0.29) is 24.1 Å². The number of ether oxygens (including phenoxy) is 1. The van der Waals surface area contributed by atoms with Crippen LogP contribution in [-0.4, -0.2) is 48.5 Å². The standard InChI is InChI=1S/C10H12N4O4/c15-2-6-5(16)1-7(18-6)14-4-13-9-8(10(14)17)11-3-12-9/h3-7,15-16H,1-2H2,(H,11,12). The Bertz CT molecular complexity index is 622. The molecule has 0 bridgehead atoms. The summed E-state index contributed by atoms with van der Waals surface area (Å²) < 4.78 is 6.68. The van der Waals surface area contributed by atoms with Crippen LogP contribution in [0.15, 0.2) is 17.4 Å². The summed E-state index contributed by atoms with van der Waals surface area (Å²) in [7, 11) is 0. The number of nitrogens with one attached hydrogen (secondary N) is 1. The number of imidazole rings is 1. The number of hydrogen-bond donors (Lipinski definition) is 3. The van der Waals surface area contributed by atoms with Crippen LogP contribution < -0.4 is 5.56 Å². The SMILES string of the molecule is O=c1c2nc[nH]c2ncn1C1CC(O)C(CO)O1. The Balaban J connectivity index is 2.00. The Morgan fingerprint density at radius 2 is 2.39 bits per heavy atom. The summed E-state index contributed by atoms with van der Waals surface area (Å²) in [6, 6.07) is 0. The lowest BCUT2D eigenvalue weighted by atomic mass is 10.2. The van der Waals surface area contributed by atoms with Gasteiger partial charge in [-0.05, 0) is 0 Å². The van der Waals surface area contributed by atoms with Gasteiger partial charge in [0.1, 0.15) is 18.7 Å². The summed E-state index contributed by atoms with van der Waals surface area (Å²) in [5, 5.41) is 18.6. The van der Waals surface area contributed by atoms with Gasteiger partial charge in [0.05, 0.1) is 19.0 Å². The molecule has 18 heavy (non-hydrogen) atoms. The first-order chi connectivity index (χ1) is 8.70. The minimum absolute atomic E-state index is 0.225. The second-order valence-electron chi connectivity index (χ2n) is 4.17. The largest absolute Gasteiger partial charge is 0.394 e. The van der Waals surface area contributed by atoms with Crippen molar-refractivity contribution in [3.63, 3.8) is 0 Å². The average Bonchev–Trinajstić information content (AvgIpc) is 2.96. The minimum Gasteiger partial charge on any atom is -0.394 e. The van der Waals surface area contributed by atoms with Gasteiger partial charge in [-0.1, -0.05) is 0 Å². The Hall–Kier alpha value is -1.77. The highest BCUT2D eigenvalue weighted by molar-refractivity contribution is 5.67. The lowest BCUT2D eigenvalue weighted by Gasteiger charge is -2.13. The highest BCUT2D eigenvalue weighted by Gasteiger charge is 2.35. The third kappa shape index (κ3) is 1.62. The highest BCUT2D eigenvalue weighted by atomic mass is 16.5. The third-order valence-corrected chi connectivity index (χ3v) is 3.06. The van der Waals surface area contributed by atoms with Crippen molar-refractivity contribution in [1.82, 2.24) is 19.5 Å². The van der Waals surface area contributed by atoms with Crippen molar-refractivity contribution in [1.29, 1.82) is 0 Å². The molecular weight excluding hydrogens is 240 g/mol. The molecule has 0 aliphatic carbocycles. The van der Waals surface area contributed by atoms with E-state index in [1.807, 2.05) is 0 Å². The molecule has 8 nitrogen and oxygen atoms in total. The fraction of sp³-hybridized carbons (Fsp3) is 0.500. The predicted octanol–water partition coefficient (Wildman–Crippen LogP) is -1.24. The van der Waals surface area contributed by atoms with Crippen LogP contribution in [0.25, 0.3) is 11.2 Å². The van der Waals surface area contributed by atoms with Crippen LogP contribution in [0.1, 0.15) is 12.6 Å². The quantitative estimate of drug-likeness (QED) is 0.616. The Morgan fingerprint density at radius 3 is 3.11 bits per heavy atom. The van der Waals surface area contributed by atoms with Gasteiger partial charge in [0, 0.05) is 6.42 Å². The van der Waals surface area contributed by atoms with E-state index in [0.29, 0.717) is 5.65 Å². The summed E-state index contributed by atoms with van der Waals surface area (Å²) >= 11 is 0. The molecule has 2 aromatic heterocycles. The van der Waals surface area contributed by atoms with E-state index in [1.54, 1.807) is 0 Å². The molecule has 96 valence electrons. The monoisotopic (exact) mass is 252 g/mol. The second-order valence-corrected chi connectivity index (χ2v) is 4.17. The number of rotatable bonds is 2. The third-order valence-electron chi connectivity index (χ3n) is 3.06. The van der Waals surface area contributed by atoms with Gasteiger partial charge in [0.15, 0.2) is 11.2 Å². The molecule has 2 aromatic rings. The van der Waals surface area contributed by atoms with E-state index in [0.717, 1.165) is 0 Å². The topological polar surface area (TPSA) is 113 Å². The lowest BCUT2D eigenvalue weighted by Crippen LogP contribution is -2.26. The predicted molar refractivity (Wildman–Crippen MR) is 59.8 cm³/mol. The number of fused-ring (bicyclic) bond motifs is 1. The molecule has 3 unspecified atom stereocenters. The summed E-state index contributed by atoms with van der Waals surface area (Å²) in [6.45, 7) is -0.287. The zero-order valence-corrected chi connectivity index (χ0v) is 9.35. The van der Waals surface area contributed by atoms with E-state index < -0.39 is 18.4 Å². The van der Waals surface area contributed by atoms with Crippen molar-refractivity contribution in [3.8, 4) is 0 Å². The molecule has 3 rings (SSSR count). The highest BCUT2D eigenvalue weighted by Crippen LogP contribution is 2.27. The van der Waals surface area contributed by atoms with Gasteiger partial charge in [-0.2, -0.15) is 0 Å². The smallest absolute Gasteiger partial charge is 0.283 e. The van der Waals surface area contributed by atoms with Crippen LogP contribution in [0, 0.1) is 0 Å². The Morgan fingerprint density at radius 1 is 1.56 bits per heavy atom. The van der Waals surface area contributed by atoms with Crippen molar-refractivity contribution >= 4 is 11.2 Å². The Labute approximate surface area is 101 Å². The maximum Gasteiger partial charge on any atom is 0.283 e. The first-order valence-corrected chi connectivity index (χ1v) is 5.55. The number of aromatic amines is 1. The molecule has 3 heterocycles. The number of hydrogen-bond acceptors (Lipinski definition) is 6. The number of aromatic nitrogens is 4. The molecular formula is C10H12N4O4. The van der Waals surface area contributed by atoms with Crippen LogP contribution in [0.5, 0.6) is 0 Å². The van der Waals surface area contributed by atoms with Gasteiger partial charge in [-0.3, -0.25) is 9.36 Å². The molecule has 0 spiro atoms. The summed E-state index contributed by atoms with van der Waals surface area (Å²) in [5.74, 6) is 0. The zero-order valence-electron chi connectivity index (χ0n) is 9.35. The van der Waals surface area contributed by atoms with Crippen molar-refractivity contribution in [2.24, 2.45) is 0 Å². The summed E-state index contributed by atoms with van der Waals surface area (Å²) in [5.41, 5.74) is 0.300. The molecule has 8 heteroatoms. The van der Waals surface area contributed by atoms with Crippen LogP contribution in [0.2, 0.25) is 0 Å². The van der Waals surface area contributed by atoms with E-state index in [4.69, 9.17) is 9.84 Å². The number of nitrogens with zero attached hydrogens (tertiary/aromatic N) is 3. The van der Waals surface area contributed by atoms with Crippen molar-refractivity contribution in [2.75, 3.05) is 6.61 Å². The molecule has 0 saturated carbocycles. The van der Waals surface area contributed by atoms with Gasteiger partial charge in [-0.15, -0.1) is 0 Å². The van der Waals surface area contributed by atoms with Crippen LogP contribution in [-0.2, 0) is 4.74 Å². The molecule has 0 aromatic carbocycles. The number of aliphatic hydroxyl groups is 2. The maximum atomic E-state index is 12.1. The maximum absolute atomic E-state index is 12.1. The first kappa shape index (κ1) is 11.3. The van der Waals surface area contributed by atoms with E-state index in [2.05, 4.69) is 15.0 Å². The molecule has 1 aliphatic heterocycles. The minimum atomic E-state index is -0.790. The Kier molecular flexibility index (Phi) is 2.62. The van der Waals surface area contributed by atoms with Gasteiger partial charge in [-0.25, -0.2) is 9.97 Å². The normalized spacial score (nSPS) is 28.0. The van der Waals surface area contributed by atoms with E-state index >= 15 is 0 Å². The van der Waals surface area contributed by atoms with Crippen molar-refractivity contribution in [2.45, 2.75) is 24.9 Å². The molecule has 0 amide bonds. The van der Waals surface area contributed by atoms with Gasteiger partial charge < -0.3 is 19.9 Å². The molecule has 1 fully saturated rings. The lowest BCUT2D eigenvalue weighted by molar-refractivity contribution is -0.0456. The second kappa shape index (κ2) is 4.16. The molecule has 1 aliphatic rings. The van der Waals surface area contributed by atoms with Gasteiger partial charge in [0.2, 0.25) is 0 Å². The fourth-order valence-electron chi connectivity index (χ4n) is 2.09. The molecule has 0 radical (unpaired) electrons. The molecule has 3 atom stereocenters. The van der Waals surface area contributed by atoms with Crippen molar-refractivity contribution < 1.29 is 14.9 Å². The van der Waals surface area contributed by atoms with E-state index in [9.17, 15) is 9.90 Å². The van der Waals surface area contributed by atoms with Crippen LogP contribution in [0.3, 0.4) is 0 Å². The number of H-pyrrole nitrogens is 1.